The van der Waals surface area contributed by atoms with E-state index in [0.29, 0.717) is 10.2 Å². The molecule has 19 heavy (non-hydrogen) atoms. The fraction of sp³-hybridized carbons (Fsp3) is 0.643. The highest BCUT2D eigenvalue weighted by Gasteiger charge is 2.26. The van der Waals surface area contributed by atoms with Crippen molar-refractivity contribution in [1.82, 2.24) is 14.8 Å². The van der Waals surface area contributed by atoms with E-state index in [4.69, 9.17) is 23.2 Å². The van der Waals surface area contributed by atoms with Crippen LogP contribution in [0.2, 0.25) is 10.2 Å². The molecule has 0 unspecified atom stereocenters. The lowest BCUT2D eigenvalue weighted by Gasteiger charge is -2.34. The van der Waals surface area contributed by atoms with Gasteiger partial charge in [-0.15, -0.1) is 0 Å². The molecule has 1 aromatic rings. The lowest BCUT2D eigenvalue weighted by atomic mass is 10.2. The van der Waals surface area contributed by atoms with Crippen molar-refractivity contribution in [1.29, 1.82) is 0 Å². The maximum atomic E-state index is 6.16. The van der Waals surface area contributed by atoms with Crippen molar-refractivity contribution in [3.63, 3.8) is 0 Å². The van der Waals surface area contributed by atoms with Crippen molar-refractivity contribution in [3.05, 3.63) is 28.0 Å². The van der Waals surface area contributed by atoms with Crippen molar-refractivity contribution < 1.29 is 0 Å². The van der Waals surface area contributed by atoms with Gasteiger partial charge in [-0.05, 0) is 30.9 Å². The zero-order valence-electron chi connectivity index (χ0n) is 11.0. The minimum absolute atomic E-state index is 0.520. The Morgan fingerprint density at radius 2 is 1.74 bits per heavy atom. The average Bonchev–Trinajstić information content (AvgIpc) is 3.20. The van der Waals surface area contributed by atoms with E-state index in [2.05, 4.69) is 14.8 Å². The molecular formula is C14H19Cl2N3. The maximum absolute atomic E-state index is 6.16. The van der Waals surface area contributed by atoms with Gasteiger partial charge in [0.15, 0.2) is 0 Å². The molecule has 1 saturated carbocycles. The first-order valence-corrected chi connectivity index (χ1v) is 7.72. The molecule has 3 rings (SSSR count). The number of nitrogens with zero attached hydrogens (tertiary/aromatic N) is 3. The van der Waals surface area contributed by atoms with E-state index >= 15 is 0 Å². The Morgan fingerprint density at radius 3 is 2.42 bits per heavy atom. The van der Waals surface area contributed by atoms with Gasteiger partial charge in [0.05, 0.1) is 10.7 Å². The van der Waals surface area contributed by atoms with Crippen LogP contribution in [0.15, 0.2) is 12.1 Å². The zero-order chi connectivity index (χ0) is 13.2. The summed E-state index contributed by atoms with van der Waals surface area (Å²) in [6, 6.07) is 3.57. The van der Waals surface area contributed by atoms with Gasteiger partial charge in [0.2, 0.25) is 0 Å². The summed E-state index contributed by atoms with van der Waals surface area (Å²) in [7, 11) is 0. The molecule has 1 aliphatic carbocycles. The van der Waals surface area contributed by atoms with Crippen LogP contribution in [-0.4, -0.2) is 47.5 Å². The van der Waals surface area contributed by atoms with Gasteiger partial charge in [0.25, 0.3) is 0 Å². The molecule has 0 N–H and O–H groups in total. The fourth-order valence-corrected chi connectivity index (χ4v) is 2.91. The zero-order valence-corrected chi connectivity index (χ0v) is 12.5. The first-order chi connectivity index (χ1) is 9.20. The number of rotatable bonds is 4. The van der Waals surface area contributed by atoms with Gasteiger partial charge in [-0.3, -0.25) is 4.90 Å². The molecule has 0 aromatic carbocycles. The molecule has 5 heteroatoms. The summed E-state index contributed by atoms with van der Waals surface area (Å²) >= 11 is 12.1. The molecule has 1 saturated heterocycles. The first kappa shape index (κ1) is 13.6. The van der Waals surface area contributed by atoms with Gasteiger partial charge in [-0.25, -0.2) is 4.98 Å². The Balaban J connectivity index is 1.52. The van der Waals surface area contributed by atoms with Crippen LogP contribution >= 0.6 is 23.2 Å². The molecule has 104 valence electrons. The van der Waals surface area contributed by atoms with Crippen LogP contribution in [0.25, 0.3) is 0 Å². The first-order valence-electron chi connectivity index (χ1n) is 6.96. The Bertz CT molecular complexity index is 440. The smallest absolute Gasteiger partial charge is 0.129 e. The van der Waals surface area contributed by atoms with Crippen LogP contribution < -0.4 is 0 Å². The lowest BCUT2D eigenvalue weighted by Crippen LogP contribution is -2.46. The van der Waals surface area contributed by atoms with E-state index in [-0.39, 0.29) is 0 Å². The van der Waals surface area contributed by atoms with Crippen molar-refractivity contribution in [2.24, 2.45) is 5.92 Å². The maximum Gasteiger partial charge on any atom is 0.129 e. The molecule has 0 radical (unpaired) electrons. The molecule has 2 heterocycles. The van der Waals surface area contributed by atoms with Crippen LogP contribution in [0, 0.1) is 5.92 Å². The van der Waals surface area contributed by atoms with E-state index in [1.807, 2.05) is 6.07 Å². The lowest BCUT2D eigenvalue weighted by molar-refractivity contribution is 0.122. The van der Waals surface area contributed by atoms with Gasteiger partial charge < -0.3 is 4.90 Å². The Morgan fingerprint density at radius 1 is 1.05 bits per heavy atom. The van der Waals surface area contributed by atoms with Gasteiger partial charge in [0, 0.05) is 39.3 Å². The molecule has 2 fully saturated rings. The molecule has 0 spiro atoms. The fourth-order valence-electron chi connectivity index (χ4n) is 2.58. The van der Waals surface area contributed by atoms with E-state index in [1.54, 1.807) is 6.07 Å². The van der Waals surface area contributed by atoms with Crippen LogP contribution in [0.4, 0.5) is 0 Å². The molecular weight excluding hydrogens is 281 g/mol. The van der Waals surface area contributed by atoms with E-state index in [0.717, 1.165) is 44.3 Å². The monoisotopic (exact) mass is 299 g/mol. The normalized spacial score (nSPS) is 21.8. The highest BCUT2D eigenvalue weighted by atomic mass is 35.5. The Hall–Kier alpha value is -0.350. The SMILES string of the molecule is Clc1ccc(Cl)c(CN2CCN(CC3CC3)CC2)n1. The number of halogens is 2. The molecule has 0 bridgehead atoms. The predicted molar refractivity (Wildman–Crippen MR) is 78.7 cm³/mol. The third-order valence-corrected chi connectivity index (χ3v) is 4.49. The topological polar surface area (TPSA) is 19.4 Å². The largest absolute Gasteiger partial charge is 0.301 e. The second-order valence-electron chi connectivity index (χ2n) is 5.58. The standard InChI is InChI=1S/C14H19Cl2N3/c15-12-3-4-14(16)17-13(12)10-19-7-5-18(6-8-19)9-11-1-2-11/h3-4,11H,1-2,5-10H2. The Labute approximate surface area is 124 Å². The number of aromatic nitrogens is 1. The second-order valence-corrected chi connectivity index (χ2v) is 6.38. The molecule has 0 amide bonds. The number of piperazine rings is 1. The van der Waals surface area contributed by atoms with Crippen LogP contribution in [0.5, 0.6) is 0 Å². The quantitative estimate of drug-likeness (QED) is 0.797. The molecule has 0 atom stereocenters. The van der Waals surface area contributed by atoms with E-state index in [1.165, 1.54) is 19.4 Å². The third-order valence-electron chi connectivity index (χ3n) is 3.94. The summed E-state index contributed by atoms with van der Waals surface area (Å²) in [5.41, 5.74) is 0.893. The predicted octanol–water partition coefficient (Wildman–Crippen LogP) is 2.92. The van der Waals surface area contributed by atoms with Gasteiger partial charge in [-0.1, -0.05) is 23.2 Å². The van der Waals surface area contributed by atoms with Crippen LogP contribution in [-0.2, 0) is 6.54 Å². The van der Waals surface area contributed by atoms with E-state index < -0.39 is 0 Å². The highest BCUT2D eigenvalue weighted by molar-refractivity contribution is 6.32. The van der Waals surface area contributed by atoms with Crippen molar-refractivity contribution in [2.75, 3.05) is 32.7 Å². The number of hydrogen-bond donors (Lipinski definition) is 0. The third kappa shape index (κ3) is 3.82. The number of hydrogen-bond acceptors (Lipinski definition) is 3. The van der Waals surface area contributed by atoms with E-state index in [9.17, 15) is 0 Å². The van der Waals surface area contributed by atoms with Gasteiger partial charge in [0.1, 0.15) is 5.15 Å². The van der Waals surface area contributed by atoms with Crippen molar-refractivity contribution in [2.45, 2.75) is 19.4 Å². The summed E-state index contributed by atoms with van der Waals surface area (Å²) in [6.07, 6.45) is 2.87. The molecule has 3 nitrogen and oxygen atoms in total. The van der Waals surface area contributed by atoms with Gasteiger partial charge >= 0.3 is 0 Å². The summed E-state index contributed by atoms with van der Waals surface area (Å²) in [6.45, 7) is 6.61. The summed E-state index contributed by atoms with van der Waals surface area (Å²) in [4.78, 5) is 9.32. The van der Waals surface area contributed by atoms with Crippen molar-refractivity contribution in [3.8, 4) is 0 Å². The summed E-state index contributed by atoms with van der Waals surface area (Å²) in [5.74, 6) is 0.982. The summed E-state index contributed by atoms with van der Waals surface area (Å²) in [5, 5.41) is 1.23. The second kappa shape index (κ2) is 5.96. The van der Waals surface area contributed by atoms with Crippen LogP contribution in [0.1, 0.15) is 18.5 Å². The molecule has 1 aromatic heterocycles. The molecule has 2 aliphatic rings. The van der Waals surface area contributed by atoms with Gasteiger partial charge in [-0.2, -0.15) is 0 Å². The Kier molecular flexibility index (Phi) is 4.27. The summed E-state index contributed by atoms with van der Waals surface area (Å²) < 4.78 is 0. The minimum Gasteiger partial charge on any atom is -0.301 e. The highest BCUT2D eigenvalue weighted by Crippen LogP contribution is 2.30. The van der Waals surface area contributed by atoms with Crippen molar-refractivity contribution >= 4 is 23.2 Å². The minimum atomic E-state index is 0.520. The molecule has 1 aliphatic heterocycles. The average molecular weight is 300 g/mol. The number of pyridine rings is 1. The van der Waals surface area contributed by atoms with Crippen LogP contribution in [0.3, 0.4) is 0 Å².